The van der Waals surface area contributed by atoms with E-state index in [0.29, 0.717) is 19.6 Å². The van der Waals surface area contributed by atoms with E-state index in [1.54, 1.807) is 12.1 Å². The van der Waals surface area contributed by atoms with E-state index in [-0.39, 0.29) is 17.6 Å². The average Bonchev–Trinajstić information content (AvgIpc) is 2.43. The van der Waals surface area contributed by atoms with Crippen molar-refractivity contribution >= 4 is 5.97 Å². The summed E-state index contributed by atoms with van der Waals surface area (Å²) in [6.07, 6.45) is 0. The van der Waals surface area contributed by atoms with Gasteiger partial charge in [0.05, 0.1) is 5.41 Å². The van der Waals surface area contributed by atoms with Crippen LogP contribution in [-0.4, -0.2) is 36.3 Å². The molecule has 5 nitrogen and oxygen atoms in total. The molecular weight excluding hydrogens is 292 g/mol. The summed E-state index contributed by atoms with van der Waals surface area (Å²) in [7, 11) is 0. The summed E-state index contributed by atoms with van der Waals surface area (Å²) in [4.78, 5) is 12.2. The minimum Gasteiger partial charge on any atom is -0.508 e. The fourth-order valence-electron chi connectivity index (χ4n) is 2.13. The van der Waals surface area contributed by atoms with Gasteiger partial charge in [0.2, 0.25) is 0 Å². The number of hydrogen-bond donors (Lipinski definition) is 3. The molecule has 0 spiro atoms. The Morgan fingerprint density at radius 2 is 1.78 bits per heavy atom. The lowest BCUT2D eigenvalue weighted by molar-refractivity contribution is -0.165. The van der Waals surface area contributed by atoms with Gasteiger partial charge in [-0.1, -0.05) is 12.1 Å². The Kier molecular flexibility index (Phi) is 6.59. The second-order valence-corrected chi connectivity index (χ2v) is 7.54. The molecule has 0 saturated heterocycles. The van der Waals surface area contributed by atoms with E-state index in [4.69, 9.17) is 10.5 Å². The zero-order chi connectivity index (χ0) is 17.7. The van der Waals surface area contributed by atoms with Gasteiger partial charge in [0, 0.05) is 25.6 Å². The summed E-state index contributed by atoms with van der Waals surface area (Å²) in [5.74, 6) is 0.153. The van der Waals surface area contributed by atoms with Crippen LogP contribution in [0, 0.1) is 5.41 Å². The third kappa shape index (κ3) is 6.59. The molecule has 0 radical (unpaired) electrons. The Morgan fingerprint density at radius 3 is 2.26 bits per heavy atom. The number of aromatic hydroxyl groups is 1. The van der Waals surface area contributed by atoms with Crippen molar-refractivity contribution in [3.63, 3.8) is 0 Å². The van der Waals surface area contributed by atoms with E-state index >= 15 is 0 Å². The van der Waals surface area contributed by atoms with Gasteiger partial charge in [-0.2, -0.15) is 0 Å². The molecule has 0 heterocycles. The normalized spacial score (nSPS) is 13.7. The minimum atomic E-state index is -0.610. The van der Waals surface area contributed by atoms with Crippen molar-refractivity contribution in [2.24, 2.45) is 11.1 Å². The Balaban J connectivity index is 2.56. The molecule has 0 aliphatic heterocycles. The van der Waals surface area contributed by atoms with Crippen LogP contribution in [0.1, 0.15) is 46.1 Å². The zero-order valence-corrected chi connectivity index (χ0v) is 14.8. The van der Waals surface area contributed by atoms with Crippen molar-refractivity contribution in [1.29, 1.82) is 0 Å². The van der Waals surface area contributed by atoms with E-state index in [1.165, 1.54) is 0 Å². The van der Waals surface area contributed by atoms with Gasteiger partial charge in [0.25, 0.3) is 0 Å². The minimum absolute atomic E-state index is 0.130. The lowest BCUT2D eigenvalue weighted by atomic mass is 9.92. The van der Waals surface area contributed by atoms with Crippen LogP contribution in [0.25, 0.3) is 0 Å². The first-order valence-electron chi connectivity index (χ1n) is 7.98. The van der Waals surface area contributed by atoms with Crippen molar-refractivity contribution in [3.05, 3.63) is 29.8 Å². The number of nitrogens with one attached hydrogen (secondary N) is 1. The maximum absolute atomic E-state index is 12.2. The molecule has 130 valence electrons. The smallest absolute Gasteiger partial charge is 0.313 e. The first-order valence-corrected chi connectivity index (χ1v) is 7.98. The Labute approximate surface area is 139 Å². The number of nitrogens with two attached hydrogens (primary N) is 1. The van der Waals surface area contributed by atoms with Crippen LogP contribution >= 0.6 is 0 Å². The molecule has 23 heavy (non-hydrogen) atoms. The van der Waals surface area contributed by atoms with E-state index in [2.05, 4.69) is 5.32 Å². The first kappa shape index (κ1) is 19.5. The zero-order valence-electron chi connectivity index (χ0n) is 14.8. The molecule has 1 aromatic rings. The van der Waals surface area contributed by atoms with Gasteiger partial charge in [0.15, 0.2) is 0 Å². The largest absolute Gasteiger partial charge is 0.508 e. The molecular formula is C18H30N2O3. The number of carbonyl (C=O) groups is 1. The van der Waals surface area contributed by atoms with E-state index in [9.17, 15) is 9.90 Å². The molecule has 1 aromatic carbocycles. The highest BCUT2D eigenvalue weighted by Crippen LogP contribution is 2.22. The second kappa shape index (κ2) is 7.79. The number of esters is 1. The summed E-state index contributed by atoms with van der Waals surface area (Å²) in [5.41, 5.74) is 5.81. The van der Waals surface area contributed by atoms with Gasteiger partial charge in [-0.15, -0.1) is 0 Å². The molecule has 1 atom stereocenters. The van der Waals surface area contributed by atoms with Crippen LogP contribution in [0.5, 0.6) is 5.75 Å². The van der Waals surface area contributed by atoms with Gasteiger partial charge >= 0.3 is 5.97 Å². The number of benzene rings is 1. The van der Waals surface area contributed by atoms with Crippen LogP contribution in [-0.2, 0) is 9.53 Å². The van der Waals surface area contributed by atoms with Crippen LogP contribution in [0.15, 0.2) is 24.3 Å². The summed E-state index contributed by atoms with van der Waals surface area (Å²) in [6.45, 7) is 11.0. The standard InChI is InChI=1S/C18H30N2O3/c1-17(2,3)23-16(22)18(4,5)12-20-11-14(10-19)13-6-8-15(21)9-7-13/h6-9,14,20-21H,10-12,19H2,1-5H3. The maximum Gasteiger partial charge on any atom is 0.313 e. The molecule has 0 aliphatic rings. The highest BCUT2D eigenvalue weighted by atomic mass is 16.6. The Hall–Kier alpha value is -1.59. The second-order valence-electron chi connectivity index (χ2n) is 7.54. The summed E-state index contributed by atoms with van der Waals surface area (Å²) >= 11 is 0. The predicted octanol–water partition coefficient (Wildman–Crippen LogP) is 2.39. The SMILES string of the molecule is CC(C)(C)OC(=O)C(C)(C)CNCC(CN)c1ccc(O)cc1. The summed E-state index contributed by atoms with van der Waals surface area (Å²) in [6, 6.07) is 7.05. The molecule has 0 saturated carbocycles. The van der Waals surface area contributed by atoms with Crippen LogP contribution in [0.2, 0.25) is 0 Å². The number of hydrogen-bond acceptors (Lipinski definition) is 5. The number of ether oxygens (including phenoxy) is 1. The molecule has 0 fully saturated rings. The van der Waals surface area contributed by atoms with Gasteiger partial charge < -0.3 is 20.9 Å². The molecule has 1 rings (SSSR count). The number of phenolic OH excluding ortho intramolecular Hbond substituents is 1. The van der Waals surface area contributed by atoms with Crippen LogP contribution in [0.3, 0.4) is 0 Å². The van der Waals surface area contributed by atoms with Gasteiger partial charge in [-0.3, -0.25) is 4.79 Å². The molecule has 5 heteroatoms. The van der Waals surface area contributed by atoms with Gasteiger partial charge in [0.1, 0.15) is 11.4 Å². The number of carbonyl (C=O) groups excluding carboxylic acids is 1. The molecule has 1 unspecified atom stereocenters. The van der Waals surface area contributed by atoms with E-state index in [0.717, 1.165) is 5.56 Å². The fourth-order valence-corrected chi connectivity index (χ4v) is 2.13. The van der Waals surface area contributed by atoms with Crippen molar-refractivity contribution < 1.29 is 14.6 Å². The van der Waals surface area contributed by atoms with Crippen molar-refractivity contribution in [2.75, 3.05) is 19.6 Å². The lowest BCUT2D eigenvalue weighted by Gasteiger charge is -2.29. The molecule has 4 N–H and O–H groups in total. The molecule has 0 aromatic heterocycles. The monoisotopic (exact) mass is 322 g/mol. The van der Waals surface area contributed by atoms with Crippen molar-refractivity contribution in [1.82, 2.24) is 5.32 Å². The Morgan fingerprint density at radius 1 is 1.22 bits per heavy atom. The fraction of sp³-hybridized carbons (Fsp3) is 0.611. The first-order chi connectivity index (χ1) is 10.5. The van der Waals surface area contributed by atoms with E-state index < -0.39 is 11.0 Å². The summed E-state index contributed by atoms with van der Waals surface area (Å²) < 4.78 is 5.45. The summed E-state index contributed by atoms with van der Waals surface area (Å²) in [5, 5.41) is 12.7. The predicted molar refractivity (Wildman–Crippen MR) is 92.4 cm³/mol. The lowest BCUT2D eigenvalue weighted by Crippen LogP contribution is -2.42. The Bertz CT molecular complexity index is 504. The van der Waals surface area contributed by atoms with Crippen molar-refractivity contribution in [3.8, 4) is 5.75 Å². The highest BCUT2D eigenvalue weighted by molar-refractivity contribution is 5.76. The van der Waals surface area contributed by atoms with Gasteiger partial charge in [-0.05, 0) is 52.3 Å². The van der Waals surface area contributed by atoms with Crippen LogP contribution in [0.4, 0.5) is 0 Å². The van der Waals surface area contributed by atoms with E-state index in [1.807, 2.05) is 46.8 Å². The number of phenols is 1. The number of rotatable bonds is 7. The van der Waals surface area contributed by atoms with Gasteiger partial charge in [-0.25, -0.2) is 0 Å². The van der Waals surface area contributed by atoms with Crippen LogP contribution < -0.4 is 11.1 Å². The molecule has 0 bridgehead atoms. The maximum atomic E-state index is 12.2. The third-order valence-corrected chi connectivity index (χ3v) is 3.56. The average molecular weight is 322 g/mol. The quantitative estimate of drug-likeness (QED) is 0.671. The third-order valence-electron chi connectivity index (χ3n) is 3.56. The molecule has 0 aliphatic carbocycles. The molecule has 0 amide bonds. The topological polar surface area (TPSA) is 84.6 Å². The van der Waals surface area contributed by atoms with Crippen molar-refractivity contribution in [2.45, 2.75) is 46.1 Å². The highest BCUT2D eigenvalue weighted by Gasteiger charge is 2.32.